The van der Waals surface area contributed by atoms with Crippen LogP contribution in [0.5, 0.6) is 0 Å². The van der Waals surface area contributed by atoms with E-state index in [2.05, 4.69) is 0 Å². The molecule has 1 saturated heterocycles. The largest absolute Gasteiger partial charge is 0.481 e. The van der Waals surface area contributed by atoms with Gasteiger partial charge in [0.1, 0.15) is 10.6 Å². The van der Waals surface area contributed by atoms with Gasteiger partial charge in [0.2, 0.25) is 5.91 Å². The fourth-order valence-corrected chi connectivity index (χ4v) is 9.96. The maximum Gasteiger partial charge on any atom is 0.435 e. The molecule has 0 aromatic heterocycles. The van der Waals surface area contributed by atoms with Gasteiger partial charge in [-0.15, -0.1) is 0 Å². The number of carboxylic acids is 1. The zero-order valence-corrected chi connectivity index (χ0v) is 24.6. The number of amides is 1. The second-order valence-electron chi connectivity index (χ2n) is 12.1. The molecule has 6 nitrogen and oxygen atoms in total. The van der Waals surface area contributed by atoms with Crippen LogP contribution in [0.2, 0.25) is 0 Å². The van der Waals surface area contributed by atoms with Gasteiger partial charge in [-0.25, -0.2) is 17.2 Å². The summed E-state index contributed by atoms with van der Waals surface area (Å²) in [7, 11) is -4.62. The molecule has 0 spiro atoms. The van der Waals surface area contributed by atoms with Crippen molar-refractivity contribution in [3.05, 3.63) is 65.0 Å². The van der Waals surface area contributed by atoms with Gasteiger partial charge in [0, 0.05) is 17.5 Å². The third kappa shape index (κ3) is 4.99. The van der Waals surface area contributed by atoms with Crippen LogP contribution in [0.1, 0.15) is 62.1 Å². The molecule has 1 saturated carbocycles. The number of carboxylic acid groups (broad SMARTS) is 1. The first-order valence-electron chi connectivity index (χ1n) is 14.3. The highest BCUT2D eigenvalue weighted by molar-refractivity contribution is 7.92. The Bertz CT molecular complexity index is 1590. The Morgan fingerprint density at radius 3 is 1.96 bits per heavy atom. The highest BCUT2D eigenvalue weighted by Crippen LogP contribution is 2.58. The molecule has 2 aliphatic carbocycles. The number of halogens is 8. The van der Waals surface area contributed by atoms with Crippen molar-refractivity contribution in [1.82, 2.24) is 4.90 Å². The van der Waals surface area contributed by atoms with Crippen molar-refractivity contribution in [3.8, 4) is 0 Å². The van der Waals surface area contributed by atoms with E-state index in [9.17, 15) is 53.8 Å². The second kappa shape index (κ2) is 10.9. The quantitative estimate of drug-likeness (QED) is 0.286. The predicted molar refractivity (Wildman–Crippen MR) is 143 cm³/mol. The van der Waals surface area contributed by atoms with Gasteiger partial charge in [-0.1, -0.05) is 18.2 Å². The summed E-state index contributed by atoms with van der Waals surface area (Å²) in [6.07, 6.45) is -12.6. The Labute approximate surface area is 253 Å². The van der Waals surface area contributed by atoms with Crippen LogP contribution in [0.4, 0.5) is 35.1 Å². The number of carbonyl (C=O) groups is 2. The lowest BCUT2D eigenvalue weighted by atomic mass is 9.76. The number of alkyl halides is 7. The summed E-state index contributed by atoms with van der Waals surface area (Å²) in [5.74, 6) is -3.43. The Hall–Kier alpha value is -3.23. The Balaban J connectivity index is 1.65. The molecule has 3 atom stereocenters. The highest BCUT2D eigenvalue weighted by atomic mass is 32.2. The standard InChI is InChI=1S/C30H29F8NO5S/c1-16-15-27(45(43,44)22-10-8-21(31)9-11-22)23-12-7-20(28(32,29(33,34)35)30(36,37)38)14-19(23)6-13-24(27)39(16)25(40)17-2-4-18(5-3-17)26(41)42/h7-12,14,16-18,24H,2-6,13,15H2,1H3,(H,41,42)/t16-,17?,18?,24?,27?/m0/s1. The monoisotopic (exact) mass is 667 g/mol. The summed E-state index contributed by atoms with van der Waals surface area (Å²) < 4.78 is 137. The molecule has 1 aliphatic heterocycles. The van der Waals surface area contributed by atoms with Crippen molar-refractivity contribution in [2.75, 3.05) is 0 Å². The Morgan fingerprint density at radius 2 is 1.42 bits per heavy atom. The van der Waals surface area contributed by atoms with Crippen LogP contribution in [0, 0.1) is 17.7 Å². The summed E-state index contributed by atoms with van der Waals surface area (Å²) in [4.78, 5) is 26.4. The summed E-state index contributed by atoms with van der Waals surface area (Å²) in [5.41, 5.74) is -7.87. The third-order valence-electron chi connectivity index (χ3n) is 9.66. The van der Waals surface area contributed by atoms with Gasteiger partial charge >= 0.3 is 24.0 Å². The number of sulfone groups is 1. The molecule has 1 N–H and O–H groups in total. The maximum absolute atomic E-state index is 15.0. The lowest BCUT2D eigenvalue weighted by molar-refractivity contribution is -0.348. The fourth-order valence-electron chi connectivity index (χ4n) is 7.50. The fraction of sp³-hybridized carbons (Fsp3) is 0.533. The number of hydrogen-bond donors (Lipinski definition) is 1. The van der Waals surface area contributed by atoms with Gasteiger partial charge in [0.25, 0.3) is 0 Å². The van der Waals surface area contributed by atoms with E-state index in [1.807, 2.05) is 0 Å². The minimum Gasteiger partial charge on any atom is -0.481 e. The van der Waals surface area contributed by atoms with Crippen LogP contribution >= 0.6 is 0 Å². The van der Waals surface area contributed by atoms with Crippen LogP contribution < -0.4 is 0 Å². The number of aryl methyl sites for hydroxylation is 1. The van der Waals surface area contributed by atoms with Gasteiger partial charge in [-0.05, 0) is 87.3 Å². The molecule has 45 heavy (non-hydrogen) atoms. The molecule has 0 bridgehead atoms. The molecule has 2 aromatic carbocycles. The minimum absolute atomic E-state index is 0.157. The van der Waals surface area contributed by atoms with Crippen molar-refractivity contribution < 1.29 is 58.2 Å². The van der Waals surface area contributed by atoms with Gasteiger partial charge < -0.3 is 10.0 Å². The molecule has 5 rings (SSSR count). The number of carbonyl (C=O) groups excluding carboxylic acids is 1. The number of nitrogens with zero attached hydrogens (tertiary/aromatic N) is 1. The van der Waals surface area contributed by atoms with E-state index in [-0.39, 0.29) is 67.0 Å². The lowest BCUT2D eigenvalue weighted by Crippen LogP contribution is -2.54. The molecule has 1 heterocycles. The summed E-state index contributed by atoms with van der Waals surface area (Å²) >= 11 is 0. The highest BCUT2D eigenvalue weighted by Gasteiger charge is 2.74. The average molecular weight is 668 g/mol. The van der Waals surface area contributed by atoms with Crippen molar-refractivity contribution in [2.24, 2.45) is 11.8 Å². The van der Waals surface area contributed by atoms with Crippen LogP contribution in [0.3, 0.4) is 0 Å². The Kier molecular flexibility index (Phi) is 8.06. The molecular formula is C30H29F8NO5S. The van der Waals surface area contributed by atoms with Crippen molar-refractivity contribution >= 4 is 21.7 Å². The first kappa shape index (κ1) is 33.1. The predicted octanol–water partition coefficient (Wildman–Crippen LogP) is 6.61. The van der Waals surface area contributed by atoms with E-state index in [1.54, 1.807) is 6.92 Å². The second-order valence-corrected chi connectivity index (χ2v) is 14.3. The van der Waals surface area contributed by atoms with E-state index in [0.717, 1.165) is 30.3 Å². The smallest absolute Gasteiger partial charge is 0.435 e. The van der Waals surface area contributed by atoms with E-state index < -0.39 is 79.8 Å². The number of likely N-dealkylation sites (tertiary alicyclic amines) is 1. The zero-order valence-electron chi connectivity index (χ0n) is 23.8. The van der Waals surface area contributed by atoms with Gasteiger partial charge in [-0.3, -0.25) is 9.59 Å². The molecule has 3 aliphatic rings. The molecule has 1 amide bonds. The van der Waals surface area contributed by atoms with Gasteiger partial charge in [0.15, 0.2) is 9.84 Å². The maximum atomic E-state index is 15.0. The van der Waals surface area contributed by atoms with E-state index in [4.69, 9.17) is 0 Å². The Morgan fingerprint density at radius 1 is 0.867 bits per heavy atom. The minimum atomic E-state index is -6.38. The molecule has 0 radical (unpaired) electrons. The number of hydrogen-bond acceptors (Lipinski definition) is 4. The van der Waals surface area contributed by atoms with Crippen LogP contribution in [-0.4, -0.2) is 54.7 Å². The first-order chi connectivity index (χ1) is 20.8. The third-order valence-corrected chi connectivity index (χ3v) is 12.2. The number of rotatable bonds is 5. The zero-order chi connectivity index (χ0) is 33.3. The van der Waals surface area contributed by atoms with Gasteiger partial charge in [-0.2, -0.15) is 26.3 Å². The average Bonchev–Trinajstić information content (AvgIpc) is 3.28. The number of benzene rings is 2. The lowest BCUT2D eigenvalue weighted by Gasteiger charge is -2.44. The number of fused-ring (bicyclic) bond motifs is 3. The summed E-state index contributed by atoms with van der Waals surface area (Å²) in [5, 5.41) is 9.34. The van der Waals surface area contributed by atoms with Crippen LogP contribution in [0.25, 0.3) is 0 Å². The van der Waals surface area contributed by atoms with Crippen molar-refractivity contribution in [2.45, 2.75) is 91.6 Å². The summed E-state index contributed by atoms with van der Waals surface area (Å²) in [6, 6.07) is 3.31. The van der Waals surface area contributed by atoms with Gasteiger partial charge in [0.05, 0.1) is 16.9 Å². The molecule has 15 heteroatoms. The van der Waals surface area contributed by atoms with E-state index in [0.29, 0.717) is 6.07 Å². The number of aliphatic carboxylic acids is 1. The molecule has 2 unspecified atom stereocenters. The van der Waals surface area contributed by atoms with Crippen molar-refractivity contribution in [3.63, 3.8) is 0 Å². The summed E-state index contributed by atoms with van der Waals surface area (Å²) in [6.45, 7) is 1.58. The van der Waals surface area contributed by atoms with Crippen LogP contribution in [0.15, 0.2) is 47.4 Å². The topological polar surface area (TPSA) is 91.8 Å². The van der Waals surface area contributed by atoms with Crippen LogP contribution in [-0.2, 0) is 36.3 Å². The normalized spacial score (nSPS) is 27.5. The van der Waals surface area contributed by atoms with E-state index >= 15 is 4.39 Å². The molecule has 246 valence electrons. The molecule has 2 aromatic rings. The van der Waals surface area contributed by atoms with Crippen molar-refractivity contribution in [1.29, 1.82) is 0 Å². The SMILES string of the molecule is C[C@H]1CC2(S(=O)(=O)c3ccc(F)cc3)c3ccc(C(F)(C(F)(F)F)C(F)(F)F)cc3CCC2N1C(=O)C1CCC(C(=O)O)CC1. The molecule has 2 fully saturated rings. The molecular weight excluding hydrogens is 638 g/mol. The van der Waals surface area contributed by atoms with E-state index in [1.165, 1.54) is 4.90 Å². The first-order valence-corrected chi connectivity index (χ1v) is 15.8.